The van der Waals surface area contributed by atoms with E-state index in [1.807, 2.05) is 26.0 Å². The van der Waals surface area contributed by atoms with Crippen molar-refractivity contribution in [1.82, 2.24) is 5.32 Å². The maximum Gasteiger partial charge on any atom is 0.255 e. The van der Waals surface area contributed by atoms with Crippen LogP contribution in [0.25, 0.3) is 0 Å². The Balaban J connectivity index is 2.71. The van der Waals surface area contributed by atoms with Gasteiger partial charge in [-0.25, -0.2) is 0 Å². The van der Waals surface area contributed by atoms with Gasteiger partial charge in [0.15, 0.2) is 0 Å². The molecule has 0 radical (unpaired) electrons. The molecule has 0 bridgehead atoms. The first-order chi connectivity index (χ1) is 8.56. The summed E-state index contributed by atoms with van der Waals surface area (Å²) in [5.74, 6) is 0.426. The predicted octanol–water partition coefficient (Wildman–Crippen LogP) is 1.94. The van der Waals surface area contributed by atoms with Crippen molar-refractivity contribution in [3.05, 3.63) is 29.8 Å². The summed E-state index contributed by atoms with van der Waals surface area (Å²) in [7, 11) is 1.55. The number of hydrogen-bond acceptors (Lipinski definition) is 3. The normalized spacial score (nSPS) is 11.1. The molecule has 0 aliphatic heterocycles. The molecule has 100 valence electrons. The number of hydrogen-bond donors (Lipinski definition) is 2. The van der Waals surface area contributed by atoms with Crippen molar-refractivity contribution < 1.29 is 9.53 Å². The van der Waals surface area contributed by atoms with Crippen LogP contribution in [0, 0.1) is 0 Å². The minimum Gasteiger partial charge on any atom is -0.496 e. The third kappa shape index (κ3) is 3.47. The van der Waals surface area contributed by atoms with Crippen molar-refractivity contribution in [3.8, 4) is 5.75 Å². The second-order valence-electron chi connectivity index (χ2n) is 4.45. The number of methoxy groups -OCH3 is 1. The van der Waals surface area contributed by atoms with Gasteiger partial charge in [-0.3, -0.25) is 4.79 Å². The number of carbonyl (C=O) groups excluding carboxylic acids is 1. The molecule has 0 saturated heterocycles. The largest absolute Gasteiger partial charge is 0.496 e. The first-order valence-electron chi connectivity index (χ1n) is 6.26. The van der Waals surface area contributed by atoms with Gasteiger partial charge < -0.3 is 15.8 Å². The lowest BCUT2D eigenvalue weighted by molar-refractivity contribution is 0.0939. The summed E-state index contributed by atoms with van der Waals surface area (Å²) in [5, 5.41) is 2.87. The van der Waals surface area contributed by atoms with Gasteiger partial charge in [-0.2, -0.15) is 0 Å². The summed E-state index contributed by atoms with van der Waals surface area (Å²) in [6.07, 6.45) is 1.66. The number of carbonyl (C=O) groups is 1. The quantitative estimate of drug-likeness (QED) is 0.811. The van der Waals surface area contributed by atoms with Crippen molar-refractivity contribution in [1.29, 1.82) is 0 Å². The summed E-state index contributed by atoms with van der Waals surface area (Å²) in [6, 6.07) is 7.15. The van der Waals surface area contributed by atoms with Gasteiger partial charge in [-0.1, -0.05) is 26.0 Å². The van der Waals surface area contributed by atoms with Crippen molar-refractivity contribution in [2.75, 3.05) is 13.7 Å². The maximum absolute atomic E-state index is 12.1. The number of para-hydroxylation sites is 1. The molecule has 1 aromatic carbocycles. The van der Waals surface area contributed by atoms with E-state index in [0.29, 0.717) is 17.9 Å². The van der Waals surface area contributed by atoms with E-state index in [1.165, 1.54) is 0 Å². The summed E-state index contributed by atoms with van der Waals surface area (Å²) in [6.45, 7) is 4.52. The van der Waals surface area contributed by atoms with Crippen LogP contribution in [0.5, 0.6) is 5.75 Å². The Bertz CT molecular complexity index is 401. The standard InChI is InChI=1S/C14H22N2O2/c1-4-14(15,5-2)10-16-13(17)11-8-6-7-9-12(11)18-3/h6-9H,4-5,10,15H2,1-3H3,(H,16,17). The Morgan fingerprint density at radius 1 is 1.33 bits per heavy atom. The summed E-state index contributed by atoms with van der Waals surface area (Å²) in [5.41, 5.74) is 6.35. The van der Waals surface area contributed by atoms with E-state index >= 15 is 0 Å². The Hall–Kier alpha value is -1.55. The highest BCUT2D eigenvalue weighted by atomic mass is 16.5. The van der Waals surface area contributed by atoms with Crippen LogP contribution in [-0.2, 0) is 0 Å². The minimum absolute atomic E-state index is 0.149. The zero-order valence-corrected chi connectivity index (χ0v) is 11.3. The predicted molar refractivity (Wildman–Crippen MR) is 72.8 cm³/mol. The van der Waals surface area contributed by atoms with Gasteiger partial charge >= 0.3 is 0 Å². The fraction of sp³-hybridized carbons (Fsp3) is 0.500. The number of ether oxygens (including phenoxy) is 1. The third-order valence-electron chi connectivity index (χ3n) is 3.36. The lowest BCUT2D eigenvalue weighted by atomic mass is 9.94. The van der Waals surface area contributed by atoms with Crippen LogP contribution >= 0.6 is 0 Å². The summed E-state index contributed by atoms with van der Waals surface area (Å²) in [4.78, 5) is 12.1. The molecule has 0 aliphatic rings. The highest BCUT2D eigenvalue weighted by Crippen LogP contribution is 2.17. The Morgan fingerprint density at radius 3 is 2.50 bits per heavy atom. The Labute approximate surface area is 109 Å². The lowest BCUT2D eigenvalue weighted by Gasteiger charge is -2.26. The van der Waals surface area contributed by atoms with Crippen molar-refractivity contribution >= 4 is 5.91 Å². The Kier molecular flexibility index (Phi) is 5.16. The monoisotopic (exact) mass is 250 g/mol. The zero-order chi connectivity index (χ0) is 13.6. The number of amides is 1. The van der Waals surface area contributed by atoms with Gasteiger partial charge in [-0.15, -0.1) is 0 Å². The molecule has 3 N–H and O–H groups in total. The molecular formula is C14H22N2O2. The highest BCUT2D eigenvalue weighted by Gasteiger charge is 2.21. The van der Waals surface area contributed by atoms with Crippen molar-refractivity contribution in [2.24, 2.45) is 5.73 Å². The van der Waals surface area contributed by atoms with Gasteiger partial charge in [0.05, 0.1) is 12.7 Å². The fourth-order valence-electron chi connectivity index (χ4n) is 1.68. The molecule has 0 fully saturated rings. The van der Waals surface area contributed by atoms with Crippen molar-refractivity contribution in [2.45, 2.75) is 32.2 Å². The summed E-state index contributed by atoms with van der Waals surface area (Å²) >= 11 is 0. The average Bonchev–Trinajstić information content (AvgIpc) is 2.44. The second-order valence-corrected chi connectivity index (χ2v) is 4.45. The average molecular weight is 250 g/mol. The van der Waals surface area contributed by atoms with Gasteiger partial charge in [0.2, 0.25) is 0 Å². The maximum atomic E-state index is 12.1. The van der Waals surface area contributed by atoms with Gasteiger partial charge in [0, 0.05) is 12.1 Å². The molecule has 1 rings (SSSR count). The van der Waals surface area contributed by atoms with Crippen LogP contribution in [0.4, 0.5) is 0 Å². The van der Waals surface area contributed by atoms with E-state index in [0.717, 1.165) is 12.8 Å². The van der Waals surface area contributed by atoms with E-state index in [9.17, 15) is 4.79 Å². The van der Waals surface area contributed by atoms with Crippen LogP contribution in [-0.4, -0.2) is 25.1 Å². The molecular weight excluding hydrogens is 228 g/mol. The third-order valence-corrected chi connectivity index (χ3v) is 3.36. The molecule has 0 aliphatic carbocycles. The molecule has 0 heterocycles. The zero-order valence-electron chi connectivity index (χ0n) is 11.3. The number of rotatable bonds is 6. The molecule has 0 spiro atoms. The molecule has 0 saturated carbocycles. The fourth-order valence-corrected chi connectivity index (χ4v) is 1.68. The molecule has 0 aromatic heterocycles. The van der Waals surface area contributed by atoms with Crippen LogP contribution < -0.4 is 15.8 Å². The van der Waals surface area contributed by atoms with Crippen LogP contribution in [0.2, 0.25) is 0 Å². The molecule has 4 heteroatoms. The van der Waals surface area contributed by atoms with Gasteiger partial charge in [0.1, 0.15) is 5.75 Å². The smallest absolute Gasteiger partial charge is 0.255 e. The molecule has 0 unspecified atom stereocenters. The van der Waals surface area contributed by atoms with E-state index < -0.39 is 0 Å². The first-order valence-corrected chi connectivity index (χ1v) is 6.26. The number of nitrogens with one attached hydrogen (secondary N) is 1. The number of nitrogens with two attached hydrogens (primary N) is 1. The topological polar surface area (TPSA) is 64.3 Å². The van der Waals surface area contributed by atoms with Gasteiger partial charge in [0.25, 0.3) is 5.91 Å². The van der Waals surface area contributed by atoms with E-state index in [1.54, 1.807) is 19.2 Å². The summed E-state index contributed by atoms with van der Waals surface area (Å²) < 4.78 is 5.16. The molecule has 4 nitrogen and oxygen atoms in total. The molecule has 0 atom stereocenters. The van der Waals surface area contributed by atoms with Crippen LogP contribution in [0.15, 0.2) is 24.3 Å². The lowest BCUT2D eigenvalue weighted by Crippen LogP contribution is -2.49. The van der Waals surface area contributed by atoms with Crippen LogP contribution in [0.3, 0.4) is 0 Å². The van der Waals surface area contributed by atoms with Crippen molar-refractivity contribution in [3.63, 3.8) is 0 Å². The Morgan fingerprint density at radius 2 is 1.94 bits per heavy atom. The number of benzene rings is 1. The molecule has 1 aromatic rings. The van der Waals surface area contributed by atoms with Gasteiger partial charge in [-0.05, 0) is 25.0 Å². The SMILES string of the molecule is CCC(N)(CC)CNC(=O)c1ccccc1OC. The molecule has 18 heavy (non-hydrogen) atoms. The molecule has 1 amide bonds. The minimum atomic E-state index is -0.336. The van der Waals surface area contributed by atoms with E-state index in [2.05, 4.69) is 5.32 Å². The van der Waals surface area contributed by atoms with Crippen LogP contribution in [0.1, 0.15) is 37.0 Å². The van der Waals surface area contributed by atoms with E-state index in [4.69, 9.17) is 10.5 Å². The van der Waals surface area contributed by atoms with E-state index in [-0.39, 0.29) is 11.4 Å². The second kappa shape index (κ2) is 6.40. The first kappa shape index (κ1) is 14.5. The highest BCUT2D eigenvalue weighted by molar-refractivity contribution is 5.96.